The van der Waals surface area contributed by atoms with Crippen LogP contribution in [0.15, 0.2) is 16.8 Å². The Morgan fingerprint density at radius 3 is 2.77 bits per heavy atom. The van der Waals surface area contributed by atoms with E-state index in [9.17, 15) is 10.0 Å². The van der Waals surface area contributed by atoms with Gasteiger partial charge in [-0.25, -0.2) is 0 Å². The van der Waals surface area contributed by atoms with Crippen molar-refractivity contribution in [2.75, 3.05) is 0 Å². The van der Waals surface area contributed by atoms with Gasteiger partial charge in [0.2, 0.25) is 6.23 Å². The van der Waals surface area contributed by atoms with Crippen LogP contribution in [0.3, 0.4) is 0 Å². The second kappa shape index (κ2) is 3.55. The van der Waals surface area contributed by atoms with Gasteiger partial charge in [0.15, 0.2) is 0 Å². The van der Waals surface area contributed by atoms with Crippen LogP contribution in [0.25, 0.3) is 0 Å². The minimum atomic E-state index is -0.756. The van der Waals surface area contributed by atoms with Crippen molar-refractivity contribution in [1.82, 2.24) is 0 Å². The molecular formula is C9H15NO3. The smallest absolute Gasteiger partial charge is 0.222 e. The van der Waals surface area contributed by atoms with E-state index in [2.05, 4.69) is 5.18 Å². The largest absolute Gasteiger partial charge is 0.390 e. The first-order chi connectivity index (χ1) is 6.00. The lowest BCUT2D eigenvalue weighted by molar-refractivity contribution is 0.0872. The van der Waals surface area contributed by atoms with Gasteiger partial charge in [0.25, 0.3) is 0 Å². The third-order valence-electron chi connectivity index (χ3n) is 2.31. The van der Waals surface area contributed by atoms with Crippen molar-refractivity contribution in [3.63, 3.8) is 0 Å². The van der Waals surface area contributed by atoms with Crippen LogP contribution < -0.4 is 0 Å². The van der Waals surface area contributed by atoms with Crippen LogP contribution in [0.2, 0.25) is 0 Å². The van der Waals surface area contributed by atoms with Gasteiger partial charge in [0.05, 0.1) is 6.10 Å². The Bertz CT molecular complexity index is 235. The molecule has 13 heavy (non-hydrogen) atoms. The lowest BCUT2D eigenvalue weighted by Gasteiger charge is -2.11. The topological polar surface area (TPSA) is 62.2 Å². The van der Waals surface area contributed by atoms with E-state index < -0.39 is 17.9 Å². The first-order valence-electron chi connectivity index (χ1n) is 4.32. The van der Waals surface area contributed by atoms with Gasteiger partial charge in [-0.2, -0.15) is 0 Å². The zero-order chi connectivity index (χ0) is 10.1. The van der Waals surface area contributed by atoms with Gasteiger partial charge in [0.1, 0.15) is 5.60 Å². The molecule has 0 bridgehead atoms. The molecule has 0 aromatic carbocycles. The first kappa shape index (κ1) is 10.3. The van der Waals surface area contributed by atoms with E-state index in [0.29, 0.717) is 6.42 Å². The molecule has 1 N–H and O–H groups in total. The average molecular weight is 185 g/mol. The summed E-state index contributed by atoms with van der Waals surface area (Å²) in [7, 11) is 0. The van der Waals surface area contributed by atoms with Crippen molar-refractivity contribution in [1.29, 1.82) is 0 Å². The van der Waals surface area contributed by atoms with Crippen molar-refractivity contribution in [2.45, 2.75) is 45.1 Å². The second-order valence-corrected chi connectivity index (χ2v) is 3.79. The molecule has 1 heterocycles. The lowest BCUT2D eigenvalue weighted by atomic mass is 10.0. The summed E-state index contributed by atoms with van der Waals surface area (Å²) in [6.45, 7) is 5.61. The van der Waals surface area contributed by atoms with Gasteiger partial charge in [-0.3, -0.25) is 0 Å². The van der Waals surface area contributed by atoms with Crippen LogP contribution in [-0.4, -0.2) is 23.0 Å². The van der Waals surface area contributed by atoms with E-state index in [1.54, 1.807) is 6.92 Å². The molecule has 0 radical (unpaired) electrons. The molecule has 3 atom stereocenters. The van der Waals surface area contributed by atoms with E-state index in [4.69, 9.17) is 4.74 Å². The van der Waals surface area contributed by atoms with E-state index in [0.717, 1.165) is 5.57 Å². The molecule has 4 nitrogen and oxygen atoms in total. The maximum Gasteiger partial charge on any atom is 0.222 e. The highest BCUT2D eigenvalue weighted by molar-refractivity contribution is 5.06. The number of epoxide rings is 1. The molecule has 74 valence electrons. The summed E-state index contributed by atoms with van der Waals surface area (Å²) < 4.78 is 4.99. The molecule has 1 rings (SSSR count). The van der Waals surface area contributed by atoms with Gasteiger partial charge in [-0.1, -0.05) is 11.6 Å². The number of ether oxygens (including phenoxy) is 1. The van der Waals surface area contributed by atoms with Gasteiger partial charge in [-0.05, 0) is 32.4 Å². The fourth-order valence-electron chi connectivity index (χ4n) is 1.16. The summed E-state index contributed by atoms with van der Waals surface area (Å²) in [6, 6.07) is 0. The van der Waals surface area contributed by atoms with Crippen molar-refractivity contribution >= 4 is 0 Å². The Balaban J connectivity index is 2.45. The average Bonchev–Trinajstić information content (AvgIpc) is 2.74. The molecule has 1 aliphatic heterocycles. The molecule has 0 spiro atoms. The highest BCUT2D eigenvalue weighted by atomic mass is 16.6. The molecule has 0 aromatic rings. The molecule has 0 aliphatic carbocycles. The maximum atomic E-state index is 10.1. The molecule has 0 aromatic heterocycles. The molecule has 0 amide bonds. The van der Waals surface area contributed by atoms with Crippen molar-refractivity contribution in [3.05, 3.63) is 16.6 Å². The van der Waals surface area contributed by atoms with Crippen LogP contribution in [0.1, 0.15) is 27.2 Å². The predicted molar refractivity (Wildman–Crippen MR) is 49.1 cm³/mol. The third-order valence-corrected chi connectivity index (χ3v) is 2.31. The number of hydrogen-bond acceptors (Lipinski definition) is 4. The number of hydrogen-bond donors (Lipinski definition) is 1. The quantitative estimate of drug-likeness (QED) is 0.411. The Kier molecular flexibility index (Phi) is 2.83. The number of allylic oxidation sites excluding steroid dienone is 1. The van der Waals surface area contributed by atoms with E-state index >= 15 is 0 Å². The highest BCUT2D eigenvalue weighted by Gasteiger charge is 2.59. The predicted octanol–water partition coefficient (Wildman–Crippen LogP) is 1.58. The summed E-state index contributed by atoms with van der Waals surface area (Å²) in [6.07, 6.45) is 1.10. The molecule has 1 aliphatic rings. The first-order valence-corrected chi connectivity index (χ1v) is 4.32. The van der Waals surface area contributed by atoms with Crippen molar-refractivity contribution < 1.29 is 9.84 Å². The SMILES string of the molecule is CC(C)=CCC(O)C1(C)OC1N=O. The van der Waals surface area contributed by atoms with E-state index in [-0.39, 0.29) is 0 Å². The summed E-state index contributed by atoms with van der Waals surface area (Å²) in [4.78, 5) is 10.1. The van der Waals surface area contributed by atoms with Crippen LogP contribution in [0.5, 0.6) is 0 Å². The van der Waals surface area contributed by atoms with Crippen molar-refractivity contribution in [3.8, 4) is 0 Å². The molecule has 0 saturated carbocycles. The molecule has 4 heteroatoms. The van der Waals surface area contributed by atoms with E-state index in [1.165, 1.54) is 0 Å². The summed E-state index contributed by atoms with van der Waals surface area (Å²) in [5, 5.41) is 12.4. The Morgan fingerprint density at radius 1 is 1.77 bits per heavy atom. The number of aliphatic hydroxyl groups excluding tert-OH is 1. The zero-order valence-electron chi connectivity index (χ0n) is 8.15. The molecule has 1 saturated heterocycles. The van der Waals surface area contributed by atoms with Crippen LogP contribution >= 0.6 is 0 Å². The van der Waals surface area contributed by atoms with Crippen LogP contribution in [0, 0.1) is 4.91 Å². The Morgan fingerprint density at radius 2 is 2.38 bits per heavy atom. The zero-order valence-corrected chi connectivity index (χ0v) is 8.15. The molecule has 3 unspecified atom stereocenters. The molecular weight excluding hydrogens is 170 g/mol. The fourth-order valence-corrected chi connectivity index (χ4v) is 1.16. The van der Waals surface area contributed by atoms with Crippen LogP contribution in [-0.2, 0) is 4.74 Å². The number of nitrogens with zero attached hydrogens (tertiary/aromatic N) is 1. The Hall–Kier alpha value is -0.740. The standard InChI is InChI=1S/C9H15NO3/c1-6(2)4-5-7(11)9(3)8(10-12)13-9/h4,7-8,11H,5H2,1-3H3. The second-order valence-electron chi connectivity index (χ2n) is 3.79. The highest BCUT2D eigenvalue weighted by Crippen LogP contribution is 2.41. The Labute approximate surface area is 77.6 Å². The van der Waals surface area contributed by atoms with Crippen LogP contribution in [0.4, 0.5) is 0 Å². The van der Waals surface area contributed by atoms with Crippen molar-refractivity contribution in [2.24, 2.45) is 5.18 Å². The lowest BCUT2D eigenvalue weighted by Crippen LogP contribution is -2.27. The third kappa shape index (κ3) is 2.14. The van der Waals surface area contributed by atoms with Gasteiger partial charge < -0.3 is 9.84 Å². The minimum absolute atomic E-state index is 0.505. The monoisotopic (exact) mass is 185 g/mol. The summed E-state index contributed by atoms with van der Waals surface area (Å²) in [5.41, 5.74) is 0.382. The number of nitroso groups, excluding NO2 is 1. The molecule has 1 fully saturated rings. The fraction of sp³-hybridized carbons (Fsp3) is 0.778. The minimum Gasteiger partial charge on any atom is -0.390 e. The summed E-state index contributed by atoms with van der Waals surface area (Å²) in [5.74, 6) is 0. The van der Waals surface area contributed by atoms with Gasteiger partial charge in [0, 0.05) is 0 Å². The number of aliphatic hydroxyl groups is 1. The summed E-state index contributed by atoms with van der Waals surface area (Å²) >= 11 is 0. The van der Waals surface area contributed by atoms with Gasteiger partial charge >= 0.3 is 0 Å². The van der Waals surface area contributed by atoms with Gasteiger partial charge in [-0.15, -0.1) is 4.91 Å². The van der Waals surface area contributed by atoms with E-state index in [1.807, 2.05) is 19.9 Å². The normalized spacial score (nSPS) is 33.7. The maximum absolute atomic E-state index is 10.1. The number of rotatable bonds is 4.